The number of nitrogens with two attached hydrogens (primary N) is 2. The quantitative estimate of drug-likeness (QED) is 0.542. The molecule has 2 heteroatoms. The molecular weight excluding hydrogens is 124 g/mol. The molecule has 0 aromatic carbocycles. The Morgan fingerprint density at radius 3 is 1.00 bits per heavy atom. The van der Waals surface area contributed by atoms with Crippen LogP contribution in [-0.2, 0) is 0 Å². The summed E-state index contributed by atoms with van der Waals surface area (Å²) < 4.78 is 0. The molecule has 4 N–H and O–H groups in total. The van der Waals surface area contributed by atoms with Gasteiger partial charge >= 0.3 is 0 Å². The van der Waals surface area contributed by atoms with E-state index in [1.165, 1.54) is 0 Å². The van der Waals surface area contributed by atoms with Gasteiger partial charge in [0.15, 0.2) is 0 Å². The molecule has 0 aromatic rings. The van der Waals surface area contributed by atoms with Crippen molar-refractivity contribution in [2.24, 2.45) is 11.5 Å². The molecule has 0 aliphatic carbocycles. The molecule has 2 nitrogen and oxygen atoms in total. The van der Waals surface area contributed by atoms with Crippen LogP contribution in [0.25, 0.3) is 0 Å². The molecule has 10 heavy (non-hydrogen) atoms. The Labute approximate surface area is 62.6 Å². The standard InChI is InChI=1S/C8H16N2/c1-5(2)7(9)8(10)6(3)4/h9-10H2,1-4H3. The third kappa shape index (κ3) is 2.13. The highest BCUT2D eigenvalue weighted by molar-refractivity contribution is 5.31. The van der Waals surface area contributed by atoms with Gasteiger partial charge in [-0.1, -0.05) is 11.1 Å². The predicted octanol–water partition coefficient (Wildman–Crippen LogP) is 1.49. The van der Waals surface area contributed by atoms with Crippen molar-refractivity contribution in [3.05, 3.63) is 22.5 Å². The van der Waals surface area contributed by atoms with E-state index in [1.54, 1.807) is 0 Å². The van der Waals surface area contributed by atoms with Crippen LogP contribution < -0.4 is 11.5 Å². The lowest BCUT2D eigenvalue weighted by molar-refractivity contribution is 1.12. The first-order valence-corrected chi connectivity index (χ1v) is 3.33. The van der Waals surface area contributed by atoms with Crippen LogP contribution in [-0.4, -0.2) is 0 Å². The Balaban J connectivity index is 4.71. The summed E-state index contributed by atoms with van der Waals surface area (Å²) in [4.78, 5) is 0. The summed E-state index contributed by atoms with van der Waals surface area (Å²) in [6.45, 7) is 7.80. The Kier molecular flexibility index (Phi) is 3.00. The van der Waals surface area contributed by atoms with Gasteiger partial charge < -0.3 is 11.5 Å². The monoisotopic (exact) mass is 140 g/mol. The first-order valence-electron chi connectivity index (χ1n) is 3.33. The lowest BCUT2D eigenvalue weighted by atomic mass is 10.1. The second-order valence-electron chi connectivity index (χ2n) is 2.83. The average molecular weight is 140 g/mol. The van der Waals surface area contributed by atoms with Crippen LogP contribution in [0.3, 0.4) is 0 Å². The fourth-order valence-electron chi connectivity index (χ4n) is 0.539. The van der Waals surface area contributed by atoms with Crippen LogP contribution in [0.15, 0.2) is 22.5 Å². The van der Waals surface area contributed by atoms with Crippen LogP contribution in [0.2, 0.25) is 0 Å². The molecule has 0 bridgehead atoms. The zero-order valence-corrected chi connectivity index (χ0v) is 7.15. The number of rotatable bonds is 1. The molecular formula is C8H16N2. The molecule has 0 atom stereocenters. The molecule has 0 rings (SSSR count). The normalized spacial score (nSPS) is 8.80. The molecule has 0 fully saturated rings. The number of hydrogen-bond donors (Lipinski definition) is 2. The lowest BCUT2D eigenvalue weighted by Gasteiger charge is -2.05. The van der Waals surface area contributed by atoms with Crippen LogP contribution in [0, 0.1) is 0 Å². The molecule has 0 aromatic heterocycles. The molecule has 0 saturated carbocycles. The topological polar surface area (TPSA) is 52.0 Å². The van der Waals surface area contributed by atoms with E-state index in [4.69, 9.17) is 11.5 Å². The summed E-state index contributed by atoms with van der Waals surface area (Å²) in [5, 5.41) is 0. The van der Waals surface area contributed by atoms with Gasteiger partial charge in [-0.3, -0.25) is 0 Å². The highest BCUT2D eigenvalue weighted by atomic mass is 14.7. The van der Waals surface area contributed by atoms with Gasteiger partial charge in [-0.25, -0.2) is 0 Å². The van der Waals surface area contributed by atoms with Crippen molar-refractivity contribution in [2.75, 3.05) is 0 Å². The van der Waals surface area contributed by atoms with Gasteiger partial charge in [-0.05, 0) is 27.7 Å². The Bertz CT molecular complexity index is 157. The van der Waals surface area contributed by atoms with Crippen molar-refractivity contribution in [1.29, 1.82) is 0 Å². The van der Waals surface area contributed by atoms with E-state index >= 15 is 0 Å². The van der Waals surface area contributed by atoms with Crippen LogP contribution in [0.1, 0.15) is 27.7 Å². The Morgan fingerprint density at radius 2 is 0.900 bits per heavy atom. The predicted molar refractivity (Wildman–Crippen MR) is 45.1 cm³/mol. The second-order valence-corrected chi connectivity index (χ2v) is 2.83. The number of allylic oxidation sites excluding steroid dienone is 2. The highest BCUT2D eigenvalue weighted by Gasteiger charge is 1.97. The smallest absolute Gasteiger partial charge is 0.0533 e. The van der Waals surface area contributed by atoms with Crippen molar-refractivity contribution >= 4 is 0 Å². The number of hydrogen-bond acceptors (Lipinski definition) is 2. The van der Waals surface area contributed by atoms with E-state index in [1.807, 2.05) is 27.7 Å². The molecule has 0 radical (unpaired) electrons. The second kappa shape index (κ2) is 3.30. The van der Waals surface area contributed by atoms with E-state index < -0.39 is 0 Å². The van der Waals surface area contributed by atoms with Gasteiger partial charge in [0.2, 0.25) is 0 Å². The minimum Gasteiger partial charge on any atom is -0.397 e. The first-order chi connectivity index (χ1) is 4.46. The highest BCUT2D eigenvalue weighted by Crippen LogP contribution is 2.07. The Morgan fingerprint density at radius 1 is 0.700 bits per heavy atom. The maximum atomic E-state index is 5.66. The van der Waals surface area contributed by atoms with Crippen LogP contribution in [0.4, 0.5) is 0 Å². The van der Waals surface area contributed by atoms with E-state index in [0.717, 1.165) is 11.1 Å². The van der Waals surface area contributed by atoms with Crippen molar-refractivity contribution < 1.29 is 0 Å². The minimum atomic E-state index is 0.708. The van der Waals surface area contributed by atoms with Gasteiger partial charge in [0.05, 0.1) is 11.4 Å². The SMILES string of the molecule is CC(C)=C(N)C(N)=C(C)C. The molecule has 0 saturated heterocycles. The zero-order chi connectivity index (χ0) is 8.31. The van der Waals surface area contributed by atoms with E-state index in [9.17, 15) is 0 Å². The molecule has 0 spiro atoms. The molecule has 0 amide bonds. The fraction of sp³-hybridized carbons (Fsp3) is 0.500. The van der Waals surface area contributed by atoms with Crippen LogP contribution in [0.5, 0.6) is 0 Å². The first kappa shape index (κ1) is 9.08. The summed E-state index contributed by atoms with van der Waals surface area (Å²) in [6.07, 6.45) is 0. The summed E-state index contributed by atoms with van der Waals surface area (Å²) in [5.41, 5.74) is 14.9. The average Bonchev–Trinajstić information content (AvgIpc) is 1.84. The molecule has 0 aliphatic rings. The maximum Gasteiger partial charge on any atom is 0.0533 e. The van der Waals surface area contributed by atoms with Gasteiger partial charge in [-0.2, -0.15) is 0 Å². The minimum absolute atomic E-state index is 0.708. The summed E-state index contributed by atoms with van der Waals surface area (Å²) in [6, 6.07) is 0. The molecule has 0 aliphatic heterocycles. The van der Waals surface area contributed by atoms with Gasteiger partial charge in [0, 0.05) is 0 Å². The molecule has 0 heterocycles. The van der Waals surface area contributed by atoms with E-state index in [0.29, 0.717) is 11.4 Å². The summed E-state index contributed by atoms with van der Waals surface area (Å²) >= 11 is 0. The van der Waals surface area contributed by atoms with Gasteiger partial charge in [0.25, 0.3) is 0 Å². The zero-order valence-electron chi connectivity index (χ0n) is 7.15. The van der Waals surface area contributed by atoms with Gasteiger partial charge in [0.1, 0.15) is 0 Å². The van der Waals surface area contributed by atoms with Crippen molar-refractivity contribution in [2.45, 2.75) is 27.7 Å². The van der Waals surface area contributed by atoms with Crippen molar-refractivity contribution in [3.8, 4) is 0 Å². The maximum absolute atomic E-state index is 5.66. The molecule has 0 unspecified atom stereocenters. The Hall–Kier alpha value is -0.920. The third-order valence-electron chi connectivity index (χ3n) is 1.37. The van der Waals surface area contributed by atoms with E-state index in [-0.39, 0.29) is 0 Å². The van der Waals surface area contributed by atoms with Crippen molar-refractivity contribution in [1.82, 2.24) is 0 Å². The summed E-state index contributed by atoms with van der Waals surface area (Å²) in [7, 11) is 0. The largest absolute Gasteiger partial charge is 0.397 e. The van der Waals surface area contributed by atoms with Gasteiger partial charge in [-0.15, -0.1) is 0 Å². The van der Waals surface area contributed by atoms with Crippen LogP contribution >= 0.6 is 0 Å². The third-order valence-corrected chi connectivity index (χ3v) is 1.37. The fourth-order valence-corrected chi connectivity index (χ4v) is 0.539. The molecule has 58 valence electrons. The summed E-state index contributed by atoms with van der Waals surface area (Å²) in [5.74, 6) is 0. The van der Waals surface area contributed by atoms with E-state index in [2.05, 4.69) is 0 Å². The lowest BCUT2D eigenvalue weighted by Crippen LogP contribution is -2.12. The van der Waals surface area contributed by atoms with Crippen molar-refractivity contribution in [3.63, 3.8) is 0 Å².